The predicted octanol–water partition coefficient (Wildman–Crippen LogP) is 3.93. The molecule has 1 aliphatic rings. The fourth-order valence-electron chi connectivity index (χ4n) is 3.10. The molecule has 0 bridgehead atoms. The fourth-order valence-corrected chi connectivity index (χ4v) is 3.35. The second-order valence-electron chi connectivity index (χ2n) is 5.49. The number of anilines is 1. The summed E-state index contributed by atoms with van der Waals surface area (Å²) < 4.78 is 13.5. The van der Waals surface area contributed by atoms with Gasteiger partial charge in [-0.3, -0.25) is 0 Å². The summed E-state index contributed by atoms with van der Waals surface area (Å²) in [5, 5.41) is 0.441. The third kappa shape index (κ3) is 3.04. The highest BCUT2D eigenvalue weighted by Gasteiger charge is 2.27. The van der Waals surface area contributed by atoms with Crippen molar-refractivity contribution in [2.75, 3.05) is 18.0 Å². The maximum absolute atomic E-state index is 13.5. The third-order valence-corrected chi connectivity index (χ3v) is 4.19. The number of hydrogen-bond acceptors (Lipinski definition) is 2. The van der Waals surface area contributed by atoms with Gasteiger partial charge in [0, 0.05) is 29.7 Å². The van der Waals surface area contributed by atoms with E-state index in [1.54, 1.807) is 6.07 Å². The number of para-hydroxylation sites is 1. The number of nitrogens with two attached hydrogens (primary N) is 1. The molecular weight excluding hydrogens is 287 g/mol. The van der Waals surface area contributed by atoms with Crippen molar-refractivity contribution in [1.82, 2.24) is 0 Å². The van der Waals surface area contributed by atoms with E-state index < -0.39 is 0 Å². The Hall–Kier alpha value is -1.58. The average molecular weight is 305 g/mol. The van der Waals surface area contributed by atoms with E-state index in [-0.39, 0.29) is 5.82 Å². The summed E-state index contributed by atoms with van der Waals surface area (Å²) in [7, 11) is 0. The van der Waals surface area contributed by atoms with Crippen LogP contribution in [0.1, 0.15) is 23.5 Å². The molecule has 2 aromatic carbocycles. The van der Waals surface area contributed by atoms with Gasteiger partial charge in [0.15, 0.2) is 0 Å². The first-order chi connectivity index (χ1) is 10.2. The van der Waals surface area contributed by atoms with Crippen LogP contribution < -0.4 is 10.6 Å². The molecule has 1 unspecified atom stereocenters. The van der Waals surface area contributed by atoms with Gasteiger partial charge in [-0.15, -0.1) is 0 Å². The Balaban J connectivity index is 1.86. The van der Waals surface area contributed by atoms with Gasteiger partial charge in [0.25, 0.3) is 0 Å². The Morgan fingerprint density at radius 3 is 2.81 bits per heavy atom. The molecular formula is C17H18ClFN2. The van der Waals surface area contributed by atoms with E-state index in [1.807, 2.05) is 12.1 Å². The minimum atomic E-state index is -0.288. The molecule has 2 nitrogen and oxygen atoms in total. The van der Waals surface area contributed by atoms with Crippen LogP contribution in [0.4, 0.5) is 10.1 Å². The van der Waals surface area contributed by atoms with E-state index in [9.17, 15) is 4.39 Å². The van der Waals surface area contributed by atoms with E-state index >= 15 is 0 Å². The monoisotopic (exact) mass is 304 g/mol. The van der Waals surface area contributed by atoms with Gasteiger partial charge < -0.3 is 10.6 Å². The van der Waals surface area contributed by atoms with Crippen LogP contribution in [-0.2, 0) is 6.54 Å². The highest BCUT2D eigenvalue weighted by Crippen LogP contribution is 2.38. The van der Waals surface area contributed by atoms with Gasteiger partial charge in [0.1, 0.15) is 5.82 Å². The molecule has 21 heavy (non-hydrogen) atoms. The number of nitrogens with zero attached hydrogens (tertiary/aromatic N) is 1. The van der Waals surface area contributed by atoms with E-state index in [1.165, 1.54) is 17.3 Å². The van der Waals surface area contributed by atoms with Crippen molar-refractivity contribution in [3.8, 4) is 0 Å². The number of halogens is 2. The molecule has 110 valence electrons. The molecule has 1 heterocycles. The minimum absolute atomic E-state index is 0.288. The molecule has 3 rings (SSSR count). The van der Waals surface area contributed by atoms with Crippen molar-refractivity contribution in [3.05, 3.63) is 64.4 Å². The molecule has 0 spiro atoms. The second kappa shape index (κ2) is 6.04. The molecule has 0 aliphatic carbocycles. The lowest BCUT2D eigenvalue weighted by Gasteiger charge is -2.20. The standard InChI is InChI=1S/C17H18ClFN2/c18-14-7-12(8-15(19)9-14)10-21-11-13(5-6-20)16-3-1-2-4-17(16)21/h1-4,7-9,13H,5-6,10-11,20H2. The van der Waals surface area contributed by atoms with Crippen molar-refractivity contribution in [1.29, 1.82) is 0 Å². The molecule has 2 N–H and O–H groups in total. The van der Waals surface area contributed by atoms with Crippen molar-refractivity contribution >= 4 is 17.3 Å². The Morgan fingerprint density at radius 1 is 1.24 bits per heavy atom. The highest BCUT2D eigenvalue weighted by molar-refractivity contribution is 6.30. The van der Waals surface area contributed by atoms with Gasteiger partial charge in [-0.2, -0.15) is 0 Å². The smallest absolute Gasteiger partial charge is 0.125 e. The van der Waals surface area contributed by atoms with Crippen LogP contribution in [0.3, 0.4) is 0 Å². The normalized spacial score (nSPS) is 17.1. The van der Waals surface area contributed by atoms with E-state index in [0.717, 1.165) is 18.5 Å². The van der Waals surface area contributed by atoms with E-state index in [4.69, 9.17) is 17.3 Å². The number of benzene rings is 2. The Morgan fingerprint density at radius 2 is 2.05 bits per heavy atom. The van der Waals surface area contributed by atoms with Crippen molar-refractivity contribution in [2.45, 2.75) is 18.9 Å². The topological polar surface area (TPSA) is 29.3 Å². The molecule has 0 amide bonds. The molecule has 1 atom stereocenters. The number of fused-ring (bicyclic) bond motifs is 1. The number of rotatable bonds is 4. The molecule has 0 fully saturated rings. The van der Waals surface area contributed by atoms with E-state index in [0.29, 0.717) is 24.0 Å². The second-order valence-corrected chi connectivity index (χ2v) is 5.93. The maximum Gasteiger partial charge on any atom is 0.125 e. The van der Waals surface area contributed by atoms with Crippen LogP contribution in [0.2, 0.25) is 5.02 Å². The molecule has 1 aliphatic heterocycles. The SMILES string of the molecule is NCCC1CN(Cc2cc(F)cc(Cl)c2)c2ccccc21. The van der Waals surface area contributed by atoms with Crippen molar-refractivity contribution < 1.29 is 4.39 Å². The number of hydrogen-bond donors (Lipinski definition) is 1. The van der Waals surface area contributed by atoms with Crippen molar-refractivity contribution in [3.63, 3.8) is 0 Å². The summed E-state index contributed by atoms with van der Waals surface area (Å²) in [6.45, 7) is 2.26. The Labute approximate surface area is 129 Å². The summed E-state index contributed by atoms with van der Waals surface area (Å²) in [5.41, 5.74) is 9.17. The molecule has 0 aromatic heterocycles. The summed E-state index contributed by atoms with van der Waals surface area (Å²) >= 11 is 5.94. The fraction of sp³-hybridized carbons (Fsp3) is 0.294. The van der Waals surface area contributed by atoms with Crippen LogP contribution in [0.5, 0.6) is 0 Å². The predicted molar refractivity (Wildman–Crippen MR) is 85.3 cm³/mol. The van der Waals surface area contributed by atoms with Gasteiger partial charge in [-0.1, -0.05) is 29.8 Å². The zero-order valence-corrected chi connectivity index (χ0v) is 12.5. The molecule has 0 saturated carbocycles. The van der Waals surface area contributed by atoms with Crippen LogP contribution >= 0.6 is 11.6 Å². The molecule has 2 aromatic rings. The van der Waals surface area contributed by atoms with Crippen LogP contribution in [0.15, 0.2) is 42.5 Å². The van der Waals surface area contributed by atoms with Gasteiger partial charge in [0.2, 0.25) is 0 Å². The zero-order valence-electron chi connectivity index (χ0n) is 11.7. The first-order valence-corrected chi connectivity index (χ1v) is 7.54. The van der Waals surface area contributed by atoms with Gasteiger partial charge in [-0.05, 0) is 48.4 Å². The quantitative estimate of drug-likeness (QED) is 0.927. The van der Waals surface area contributed by atoms with Crippen LogP contribution in [0.25, 0.3) is 0 Å². The Bertz CT molecular complexity index is 624. The first kappa shape index (κ1) is 14.4. The zero-order chi connectivity index (χ0) is 14.8. The Kier molecular flexibility index (Phi) is 4.13. The maximum atomic E-state index is 13.5. The summed E-state index contributed by atoms with van der Waals surface area (Å²) in [6.07, 6.45) is 0.970. The average Bonchev–Trinajstić information content (AvgIpc) is 2.77. The highest BCUT2D eigenvalue weighted by atomic mass is 35.5. The largest absolute Gasteiger partial charge is 0.366 e. The van der Waals surface area contributed by atoms with E-state index in [2.05, 4.69) is 23.1 Å². The lowest BCUT2D eigenvalue weighted by molar-refractivity contribution is 0.621. The van der Waals surface area contributed by atoms with Crippen LogP contribution in [0, 0.1) is 5.82 Å². The van der Waals surface area contributed by atoms with Gasteiger partial charge in [0.05, 0.1) is 0 Å². The van der Waals surface area contributed by atoms with Gasteiger partial charge in [-0.25, -0.2) is 4.39 Å². The van der Waals surface area contributed by atoms with Gasteiger partial charge >= 0.3 is 0 Å². The summed E-state index contributed by atoms with van der Waals surface area (Å²) in [5.74, 6) is 0.165. The summed E-state index contributed by atoms with van der Waals surface area (Å²) in [6, 6.07) is 13.1. The third-order valence-electron chi connectivity index (χ3n) is 3.97. The lowest BCUT2D eigenvalue weighted by Crippen LogP contribution is -2.22. The lowest BCUT2D eigenvalue weighted by atomic mass is 9.98. The first-order valence-electron chi connectivity index (χ1n) is 7.16. The van der Waals surface area contributed by atoms with Crippen molar-refractivity contribution in [2.24, 2.45) is 5.73 Å². The molecule has 0 saturated heterocycles. The minimum Gasteiger partial charge on any atom is -0.366 e. The van der Waals surface area contributed by atoms with Crippen LogP contribution in [-0.4, -0.2) is 13.1 Å². The summed E-state index contributed by atoms with van der Waals surface area (Å²) in [4.78, 5) is 2.28. The molecule has 4 heteroatoms. The molecule has 0 radical (unpaired) electrons.